The standard InChI is InChI=1S/C25H25ClN4O2S/c1-4-29(3)21(31)14-18-15-33-25-27-16(2)22(24(32)28-17-10-6-5-7-11-17)23(30(18)25)19-12-8-9-13-20(19)26/h5-13,15,23H,4,14H2,1-3H3,(H,28,32). The summed E-state index contributed by atoms with van der Waals surface area (Å²) in [6, 6.07) is 16.3. The summed E-state index contributed by atoms with van der Waals surface area (Å²) in [6.07, 6.45) is 0.212. The lowest BCUT2D eigenvalue weighted by Crippen LogP contribution is -2.39. The molecule has 0 saturated heterocycles. The first-order valence-corrected chi connectivity index (χ1v) is 12.0. The molecule has 0 radical (unpaired) electrons. The van der Waals surface area contributed by atoms with Gasteiger partial charge in [-0.05, 0) is 43.0 Å². The molecule has 2 heterocycles. The molecule has 0 aromatic heterocycles. The summed E-state index contributed by atoms with van der Waals surface area (Å²) in [7, 11) is 1.78. The van der Waals surface area contributed by atoms with Crippen molar-refractivity contribution in [2.45, 2.75) is 26.3 Å². The van der Waals surface area contributed by atoms with E-state index in [1.807, 2.05) is 78.8 Å². The minimum absolute atomic E-state index is 0.00470. The predicted octanol–water partition coefficient (Wildman–Crippen LogP) is 5.42. The monoisotopic (exact) mass is 480 g/mol. The molecule has 0 aliphatic carbocycles. The van der Waals surface area contributed by atoms with Crippen LogP contribution < -0.4 is 5.32 Å². The first-order chi connectivity index (χ1) is 15.9. The van der Waals surface area contributed by atoms with Crippen molar-refractivity contribution in [2.24, 2.45) is 4.99 Å². The molecule has 1 atom stereocenters. The highest BCUT2D eigenvalue weighted by atomic mass is 35.5. The summed E-state index contributed by atoms with van der Waals surface area (Å²) >= 11 is 8.09. The average molecular weight is 481 g/mol. The third-order valence-corrected chi connectivity index (χ3v) is 6.94. The van der Waals surface area contributed by atoms with E-state index < -0.39 is 6.04 Å². The van der Waals surface area contributed by atoms with E-state index in [-0.39, 0.29) is 18.2 Å². The number of rotatable bonds is 6. The molecule has 8 heteroatoms. The number of nitrogens with zero attached hydrogens (tertiary/aromatic N) is 3. The van der Waals surface area contributed by atoms with Crippen LogP contribution >= 0.6 is 23.4 Å². The number of hydrogen-bond donors (Lipinski definition) is 1. The zero-order valence-corrected chi connectivity index (χ0v) is 20.3. The highest BCUT2D eigenvalue weighted by Gasteiger charge is 2.41. The Kier molecular flexibility index (Phi) is 6.91. The van der Waals surface area contributed by atoms with Gasteiger partial charge in [0, 0.05) is 30.0 Å². The maximum Gasteiger partial charge on any atom is 0.255 e. The second-order valence-electron chi connectivity index (χ2n) is 7.82. The summed E-state index contributed by atoms with van der Waals surface area (Å²) in [4.78, 5) is 34.6. The fraction of sp³-hybridized carbons (Fsp3) is 0.240. The van der Waals surface area contributed by atoms with Gasteiger partial charge in [0.05, 0.1) is 23.7 Å². The smallest absolute Gasteiger partial charge is 0.255 e. The van der Waals surface area contributed by atoms with Crippen molar-refractivity contribution in [1.29, 1.82) is 0 Å². The van der Waals surface area contributed by atoms with Crippen LogP contribution in [0.2, 0.25) is 5.02 Å². The molecule has 0 bridgehead atoms. The van der Waals surface area contributed by atoms with Crippen molar-refractivity contribution in [3.05, 3.63) is 87.6 Å². The van der Waals surface area contributed by atoms with Gasteiger partial charge in [0.25, 0.3) is 5.91 Å². The molecule has 4 rings (SSSR count). The number of allylic oxidation sites excluding steroid dienone is 1. The van der Waals surface area contributed by atoms with Crippen LogP contribution in [0.5, 0.6) is 0 Å². The van der Waals surface area contributed by atoms with E-state index in [1.54, 1.807) is 11.9 Å². The molecular formula is C25H25ClN4O2S. The maximum absolute atomic E-state index is 13.5. The van der Waals surface area contributed by atoms with Crippen molar-refractivity contribution >= 4 is 46.0 Å². The number of amidine groups is 1. The lowest BCUT2D eigenvalue weighted by Gasteiger charge is -2.37. The van der Waals surface area contributed by atoms with E-state index >= 15 is 0 Å². The normalized spacial score (nSPS) is 17.3. The molecule has 2 aromatic carbocycles. The van der Waals surface area contributed by atoms with Crippen molar-refractivity contribution in [3.8, 4) is 0 Å². The molecule has 2 aliphatic heterocycles. The van der Waals surface area contributed by atoms with Crippen LogP contribution in [0.1, 0.15) is 31.9 Å². The van der Waals surface area contributed by atoms with E-state index in [0.29, 0.717) is 28.5 Å². The van der Waals surface area contributed by atoms with Gasteiger partial charge in [-0.2, -0.15) is 0 Å². The van der Waals surface area contributed by atoms with Crippen molar-refractivity contribution < 1.29 is 9.59 Å². The Labute approximate surface area is 203 Å². The van der Waals surface area contributed by atoms with Crippen LogP contribution in [0, 0.1) is 0 Å². The first-order valence-electron chi connectivity index (χ1n) is 10.7. The van der Waals surface area contributed by atoms with E-state index in [0.717, 1.165) is 16.4 Å². The van der Waals surface area contributed by atoms with Gasteiger partial charge in [-0.15, -0.1) is 0 Å². The van der Waals surface area contributed by atoms with Crippen LogP contribution in [-0.4, -0.2) is 40.4 Å². The lowest BCUT2D eigenvalue weighted by molar-refractivity contribution is -0.129. The number of hydrogen-bond acceptors (Lipinski definition) is 5. The number of carbonyl (C=O) groups excluding carboxylic acids is 2. The summed E-state index contributed by atoms with van der Waals surface area (Å²) < 4.78 is 0. The van der Waals surface area contributed by atoms with Gasteiger partial charge < -0.3 is 15.1 Å². The van der Waals surface area contributed by atoms with Gasteiger partial charge in [-0.1, -0.05) is 59.8 Å². The number of fused-ring (bicyclic) bond motifs is 1. The Morgan fingerprint density at radius 1 is 1.15 bits per heavy atom. The number of carbonyl (C=O) groups is 2. The number of benzene rings is 2. The fourth-order valence-corrected chi connectivity index (χ4v) is 5.04. The molecule has 1 unspecified atom stereocenters. The number of nitrogens with one attached hydrogen (secondary N) is 1. The third-order valence-electron chi connectivity index (χ3n) is 5.71. The zero-order valence-electron chi connectivity index (χ0n) is 18.7. The molecule has 0 fully saturated rings. The Morgan fingerprint density at radius 2 is 1.85 bits per heavy atom. The number of anilines is 1. The minimum atomic E-state index is -0.504. The van der Waals surface area contributed by atoms with Gasteiger partial charge in [-0.3, -0.25) is 9.59 Å². The van der Waals surface area contributed by atoms with E-state index in [1.165, 1.54) is 11.8 Å². The molecule has 170 valence electrons. The lowest BCUT2D eigenvalue weighted by atomic mass is 9.93. The Hall–Kier alpha value is -3.03. The summed E-state index contributed by atoms with van der Waals surface area (Å²) in [6.45, 7) is 4.40. The van der Waals surface area contributed by atoms with Gasteiger partial charge >= 0.3 is 0 Å². The van der Waals surface area contributed by atoms with Gasteiger partial charge in [0.15, 0.2) is 5.17 Å². The van der Waals surface area contributed by atoms with Gasteiger partial charge in [0.1, 0.15) is 0 Å². The van der Waals surface area contributed by atoms with Crippen LogP contribution in [0.3, 0.4) is 0 Å². The Morgan fingerprint density at radius 3 is 2.55 bits per heavy atom. The second-order valence-corrected chi connectivity index (χ2v) is 9.06. The molecule has 0 spiro atoms. The van der Waals surface area contributed by atoms with Crippen LogP contribution in [0.25, 0.3) is 0 Å². The molecule has 2 aromatic rings. The SMILES string of the molecule is CCN(C)C(=O)CC1=CSC2=NC(C)=C(C(=O)Nc3ccccc3)C(c3ccccc3Cl)N12. The highest BCUT2D eigenvalue weighted by molar-refractivity contribution is 8.16. The molecule has 2 amide bonds. The number of aliphatic imine (C=N–C) groups is 1. The topological polar surface area (TPSA) is 65.0 Å². The summed E-state index contributed by atoms with van der Waals surface area (Å²) in [5.74, 6) is -0.246. The van der Waals surface area contributed by atoms with E-state index in [9.17, 15) is 9.59 Å². The molecule has 33 heavy (non-hydrogen) atoms. The molecule has 0 saturated carbocycles. The predicted molar refractivity (Wildman–Crippen MR) is 135 cm³/mol. The second kappa shape index (κ2) is 9.85. The van der Waals surface area contributed by atoms with Crippen LogP contribution in [0.15, 0.2) is 82.0 Å². The minimum Gasteiger partial charge on any atom is -0.346 e. The molecule has 1 N–H and O–H groups in total. The number of halogens is 1. The zero-order chi connectivity index (χ0) is 23.5. The molecular weight excluding hydrogens is 456 g/mol. The van der Waals surface area contributed by atoms with Crippen LogP contribution in [-0.2, 0) is 9.59 Å². The molecule has 2 aliphatic rings. The average Bonchev–Trinajstić information content (AvgIpc) is 3.20. The number of para-hydroxylation sites is 1. The van der Waals surface area contributed by atoms with Crippen molar-refractivity contribution in [2.75, 3.05) is 18.9 Å². The van der Waals surface area contributed by atoms with Gasteiger partial charge in [0.2, 0.25) is 5.91 Å². The number of amides is 2. The first kappa shape index (κ1) is 23.1. The molecule has 6 nitrogen and oxygen atoms in total. The Balaban J connectivity index is 1.76. The fourth-order valence-electron chi connectivity index (χ4n) is 3.84. The Bertz CT molecular complexity index is 1180. The third kappa shape index (κ3) is 4.70. The van der Waals surface area contributed by atoms with E-state index in [4.69, 9.17) is 16.6 Å². The van der Waals surface area contributed by atoms with Gasteiger partial charge in [-0.25, -0.2) is 4.99 Å². The largest absolute Gasteiger partial charge is 0.346 e. The maximum atomic E-state index is 13.5. The summed E-state index contributed by atoms with van der Waals surface area (Å²) in [5.41, 5.74) is 3.40. The highest BCUT2D eigenvalue weighted by Crippen LogP contribution is 2.46. The van der Waals surface area contributed by atoms with Crippen LogP contribution in [0.4, 0.5) is 5.69 Å². The summed E-state index contributed by atoms with van der Waals surface area (Å²) in [5, 5.41) is 6.21. The van der Waals surface area contributed by atoms with E-state index in [2.05, 4.69) is 5.32 Å². The number of thioether (sulfide) groups is 1. The van der Waals surface area contributed by atoms with Crippen molar-refractivity contribution in [3.63, 3.8) is 0 Å². The van der Waals surface area contributed by atoms with Crippen molar-refractivity contribution in [1.82, 2.24) is 9.80 Å². The quantitative estimate of drug-likeness (QED) is 0.599.